The van der Waals surface area contributed by atoms with E-state index in [1.54, 1.807) is 0 Å². The molecule has 0 aromatic rings. The Balaban J connectivity index is -0.0000000535. The molecule has 0 aromatic heterocycles. The van der Waals surface area contributed by atoms with Crippen LogP contribution in [-0.2, 0) is 5.48 Å². The van der Waals surface area contributed by atoms with Gasteiger partial charge in [-0.25, -0.2) is 0 Å². The normalized spacial score (nSPS) is 9.86. The van der Waals surface area contributed by atoms with E-state index < -0.39 is 14.5 Å². The molecule has 13 heteroatoms. The monoisotopic (exact) mass is 278 g/mol. The summed E-state index contributed by atoms with van der Waals surface area (Å²) in [5.74, 6) is 0. The fourth-order valence-electron chi connectivity index (χ4n) is 0. The second-order valence-electron chi connectivity index (χ2n) is 1.09. The summed E-state index contributed by atoms with van der Waals surface area (Å²) in [6.45, 7) is 0. The lowest BCUT2D eigenvalue weighted by Gasteiger charge is -1.94. The first-order valence-electron chi connectivity index (χ1n) is 2.28. The maximum atomic E-state index is 9.75. The zero-order valence-electron chi connectivity index (χ0n) is 6.35. The fraction of sp³-hybridized carbons (Fsp3) is 1.00. The number of halogens is 10. The summed E-state index contributed by atoms with van der Waals surface area (Å²) in [7, 11) is -12.0. The third-order valence-electron chi connectivity index (χ3n) is 0. The van der Waals surface area contributed by atoms with Gasteiger partial charge in [-0.2, -0.15) is 0 Å². The van der Waals surface area contributed by atoms with Crippen LogP contribution in [-0.4, -0.2) is 19.8 Å². The number of hydrogen-bond donors (Lipinski definition) is 0. The van der Waals surface area contributed by atoms with Crippen LogP contribution >= 0.6 is 23.2 Å². The fourth-order valence-corrected chi connectivity index (χ4v) is 0. The summed E-state index contributed by atoms with van der Waals surface area (Å²) < 4.78 is 78.0. The topological polar surface area (TPSA) is 34.5 Å². The van der Waals surface area contributed by atoms with Gasteiger partial charge < -0.3 is 40.0 Å². The molecule has 0 heterocycles. The van der Waals surface area contributed by atoms with Crippen LogP contribution in [0, 0.1) is 0 Å². The first-order chi connectivity index (χ1) is 5.41. The molecule has 1 nitrogen and oxygen atoms in total. The summed E-state index contributed by atoms with van der Waals surface area (Å²) >= 11 is 9.53. The van der Waals surface area contributed by atoms with Crippen molar-refractivity contribution in [3.8, 4) is 0 Å². The Bertz CT molecular complexity index is 78.5. The summed E-state index contributed by atoms with van der Waals surface area (Å²) in [6, 6.07) is 0. The minimum absolute atomic E-state index is 0. The van der Waals surface area contributed by atoms with E-state index in [2.05, 4.69) is 0 Å². The summed E-state index contributed by atoms with van der Waals surface area (Å²) in [5, 5.41) is 0.194. The van der Waals surface area contributed by atoms with Gasteiger partial charge in [0.15, 0.2) is 0 Å². The highest BCUT2D eigenvalue weighted by molar-refractivity contribution is 6.50. The van der Waals surface area contributed by atoms with Crippen molar-refractivity contribution in [1.29, 1.82) is 0 Å². The lowest BCUT2D eigenvalue weighted by Crippen LogP contribution is -2.02. The third kappa shape index (κ3) is 124000. The van der Waals surface area contributed by atoms with Crippen molar-refractivity contribution < 1.29 is 40.0 Å². The Morgan fingerprint density at radius 2 is 0.643 bits per heavy atom. The molecule has 0 bridgehead atoms. The Hall–Kier alpha value is 0.110. The molecule has 0 aromatic carbocycles. The van der Waals surface area contributed by atoms with Gasteiger partial charge >= 0.3 is 14.5 Å². The molecule has 0 saturated carbocycles. The van der Waals surface area contributed by atoms with E-state index in [4.69, 9.17) is 23.2 Å². The lowest BCUT2D eigenvalue weighted by molar-refractivity contribution is 0.366. The zero-order chi connectivity index (χ0) is 11.7. The van der Waals surface area contributed by atoms with Gasteiger partial charge in [-0.05, 0) is 0 Å². The van der Waals surface area contributed by atoms with Crippen LogP contribution in [0.3, 0.4) is 0 Å². The molecule has 0 aliphatic rings. The minimum Gasteiger partial charge on any atom is -0.873 e. The van der Waals surface area contributed by atoms with Crippen molar-refractivity contribution in [2.24, 2.45) is 0 Å². The van der Waals surface area contributed by atoms with Gasteiger partial charge in [0.1, 0.15) is 0 Å². The average Bonchev–Trinajstić information content (AvgIpc) is 1.52. The van der Waals surface area contributed by atoms with E-state index in [0.717, 1.165) is 0 Å². The van der Waals surface area contributed by atoms with Gasteiger partial charge in [0.2, 0.25) is 0 Å². The van der Waals surface area contributed by atoms with Crippen LogP contribution in [0.4, 0.5) is 34.5 Å². The number of rotatable bonds is 0. The van der Waals surface area contributed by atoms with E-state index in [1.807, 2.05) is 0 Å². The van der Waals surface area contributed by atoms with Crippen molar-refractivity contribution in [3.63, 3.8) is 0 Å². The molecule has 0 aliphatic heterocycles. The lowest BCUT2D eigenvalue weighted by atomic mass is 10.3. The van der Waals surface area contributed by atoms with Gasteiger partial charge in [0.05, 0.1) is 5.34 Å². The van der Waals surface area contributed by atoms with Crippen molar-refractivity contribution in [2.75, 3.05) is 5.34 Å². The molecule has 0 aliphatic carbocycles. The van der Waals surface area contributed by atoms with E-state index >= 15 is 0 Å². The molecule has 0 atom stereocenters. The maximum Gasteiger partial charge on any atom is 0.673 e. The van der Waals surface area contributed by atoms with Gasteiger partial charge in [-0.3, -0.25) is 0 Å². The smallest absolute Gasteiger partial charge is 0.673 e. The molecular weight excluding hydrogens is 273 g/mol. The largest absolute Gasteiger partial charge is 0.873 e. The third-order valence-corrected chi connectivity index (χ3v) is 0. The van der Waals surface area contributed by atoms with Crippen molar-refractivity contribution >= 4 is 37.7 Å². The predicted octanol–water partition coefficient (Wildman–Crippen LogP) is 2.83. The summed E-state index contributed by atoms with van der Waals surface area (Å²) in [4.78, 5) is 0. The second-order valence-corrected chi connectivity index (χ2v) is 1.90. The Morgan fingerprint density at radius 1 is 0.643 bits per heavy atom. The summed E-state index contributed by atoms with van der Waals surface area (Å²) in [5.41, 5.74) is 0. The van der Waals surface area contributed by atoms with Crippen LogP contribution in [0.1, 0.15) is 0 Å². The first-order valence-corrected chi connectivity index (χ1v) is 3.35. The molecule has 0 unspecified atom stereocenters. The van der Waals surface area contributed by atoms with Crippen LogP contribution in [0.15, 0.2) is 0 Å². The molecule has 4 N–H and O–H groups in total. The van der Waals surface area contributed by atoms with Crippen LogP contribution in [0.5, 0.6) is 0 Å². The Labute approximate surface area is 83.9 Å². The van der Waals surface area contributed by atoms with Crippen molar-refractivity contribution in [2.45, 2.75) is 0 Å². The van der Waals surface area contributed by atoms with E-state index in [1.165, 1.54) is 0 Å². The zero-order valence-corrected chi connectivity index (χ0v) is 7.86. The van der Waals surface area contributed by atoms with Crippen LogP contribution in [0.25, 0.3) is 0 Å². The highest BCUT2D eigenvalue weighted by Gasteiger charge is 2.21. The Kier molecular flexibility index (Phi) is 19.0. The molecule has 0 radical (unpaired) electrons. The van der Waals surface area contributed by atoms with Crippen molar-refractivity contribution in [3.05, 3.63) is 0 Å². The highest BCUT2D eigenvalue weighted by atomic mass is 35.5. The van der Waals surface area contributed by atoms with Crippen molar-refractivity contribution in [1.82, 2.24) is 0 Å². The van der Waals surface area contributed by atoms with Gasteiger partial charge in [-0.15, -0.1) is 23.2 Å². The summed E-state index contributed by atoms with van der Waals surface area (Å²) in [6.07, 6.45) is 0. The molecule has 14 heavy (non-hydrogen) atoms. The first kappa shape index (κ1) is 23.7. The van der Waals surface area contributed by atoms with Gasteiger partial charge in [0.25, 0.3) is 0 Å². The molecule has 0 amide bonds. The average molecular weight is 279 g/mol. The minimum atomic E-state index is -6.00. The molecule has 92 valence electrons. The van der Waals surface area contributed by atoms with Gasteiger partial charge in [0, 0.05) is 0 Å². The molecule has 0 rings (SSSR count). The van der Waals surface area contributed by atoms with E-state index in [9.17, 15) is 34.5 Å². The highest BCUT2D eigenvalue weighted by Crippen LogP contribution is 2.07. The quantitative estimate of drug-likeness (QED) is 0.371. The van der Waals surface area contributed by atoms with Gasteiger partial charge in [-0.1, -0.05) is 0 Å². The van der Waals surface area contributed by atoms with Crippen LogP contribution in [0.2, 0.25) is 0 Å². The van der Waals surface area contributed by atoms with E-state index in [-0.39, 0.29) is 10.8 Å². The standard InChI is InChI=1S/CH2Cl2.2BF4.H4O/c2-1-3;2*2-1(3,4)5;/h1H2;;;1H4/q;2*-1;+2. The molecule has 0 saturated heterocycles. The second kappa shape index (κ2) is 11.2. The predicted molar refractivity (Wildman–Crippen MR) is 43.2 cm³/mol. The molecule has 0 fully saturated rings. The molecule has 0 spiro atoms. The molecular formula is CH6B2Cl2F8O. The number of alkyl halides is 2. The Morgan fingerprint density at radius 3 is 0.643 bits per heavy atom. The van der Waals surface area contributed by atoms with E-state index in [0.29, 0.717) is 0 Å². The van der Waals surface area contributed by atoms with Crippen LogP contribution < -0.4 is 0 Å². The maximum absolute atomic E-state index is 9.75. The number of hydrogen-bond acceptors (Lipinski definition) is 0. The SMILES string of the molecule is ClCCl.F[B-](F)(F)F.F[B-](F)(F)F.[OH4+2].